The van der Waals surface area contributed by atoms with Gasteiger partial charge < -0.3 is 15.4 Å². The van der Waals surface area contributed by atoms with Gasteiger partial charge in [-0.1, -0.05) is 17.7 Å². The molecule has 2 aromatic heterocycles. The van der Waals surface area contributed by atoms with Crippen LogP contribution in [0, 0.1) is 5.82 Å². The third kappa shape index (κ3) is 4.62. The number of thiocarbonyl (C=S) groups is 1. The lowest BCUT2D eigenvalue weighted by atomic mass is 10.1. The molecule has 2 heterocycles. The molecule has 0 bridgehead atoms. The number of carbonyl (C=O) groups is 1. The summed E-state index contributed by atoms with van der Waals surface area (Å²) < 4.78 is 21.2. The van der Waals surface area contributed by atoms with Crippen molar-refractivity contribution in [1.29, 1.82) is 0 Å². The average molecular weight is 544 g/mol. The lowest BCUT2D eigenvalue weighted by Crippen LogP contribution is -2.21. The number of halogens is 3. The predicted molar refractivity (Wildman–Crippen MR) is 128 cm³/mol. The van der Waals surface area contributed by atoms with E-state index in [1.165, 1.54) is 29.4 Å². The second kappa shape index (κ2) is 9.23. The average Bonchev–Trinajstić information content (AvgIpc) is 3.39. The van der Waals surface area contributed by atoms with Crippen LogP contribution in [0.3, 0.4) is 0 Å². The number of hydrogen-bond acceptors (Lipinski definition) is 5. The van der Waals surface area contributed by atoms with Gasteiger partial charge >= 0.3 is 5.97 Å². The zero-order chi connectivity index (χ0) is 22.1. The maximum Gasteiger partial charge on any atom is 0.341 e. The van der Waals surface area contributed by atoms with E-state index in [4.69, 9.17) is 28.6 Å². The summed E-state index contributed by atoms with van der Waals surface area (Å²) in [6.07, 6.45) is 4.53. The predicted octanol–water partition coefficient (Wildman–Crippen LogP) is 5.63. The number of rotatable bonds is 5. The molecule has 0 saturated heterocycles. The van der Waals surface area contributed by atoms with Crippen LogP contribution in [-0.2, 0) is 24.1 Å². The Morgan fingerprint density at radius 1 is 1.42 bits per heavy atom. The van der Waals surface area contributed by atoms with Gasteiger partial charge in [-0.25, -0.2) is 9.18 Å². The van der Waals surface area contributed by atoms with E-state index in [-0.39, 0.29) is 17.6 Å². The van der Waals surface area contributed by atoms with Crippen molar-refractivity contribution in [3.8, 4) is 0 Å². The highest BCUT2D eigenvalue weighted by Gasteiger charge is 2.27. The molecule has 4 rings (SSSR count). The number of fused-ring (bicyclic) bond motifs is 1. The molecule has 0 amide bonds. The van der Waals surface area contributed by atoms with Gasteiger partial charge in [0.1, 0.15) is 10.8 Å². The van der Waals surface area contributed by atoms with Crippen molar-refractivity contribution in [2.75, 3.05) is 17.7 Å². The van der Waals surface area contributed by atoms with Crippen molar-refractivity contribution in [1.82, 2.24) is 9.78 Å². The minimum Gasteiger partial charge on any atom is -0.465 e. The zero-order valence-electron chi connectivity index (χ0n) is 16.3. The minimum absolute atomic E-state index is 0.163. The van der Waals surface area contributed by atoms with Gasteiger partial charge in [0.15, 0.2) is 10.9 Å². The van der Waals surface area contributed by atoms with Gasteiger partial charge in [0.05, 0.1) is 23.7 Å². The second-order valence-electron chi connectivity index (χ2n) is 6.86. The first-order valence-corrected chi connectivity index (χ1v) is 11.7. The van der Waals surface area contributed by atoms with Crippen LogP contribution < -0.4 is 10.6 Å². The normalized spacial score (nSPS) is 12.5. The molecular formula is C20H17BrClFN4O2S2. The molecule has 162 valence electrons. The summed E-state index contributed by atoms with van der Waals surface area (Å²) >= 11 is 16.5. The molecule has 0 atom stereocenters. The van der Waals surface area contributed by atoms with Gasteiger partial charge in [0, 0.05) is 21.7 Å². The van der Waals surface area contributed by atoms with Gasteiger partial charge in [-0.05, 0) is 65.1 Å². The van der Waals surface area contributed by atoms with Crippen molar-refractivity contribution in [2.45, 2.75) is 25.8 Å². The molecule has 0 fully saturated rings. The highest BCUT2D eigenvalue weighted by molar-refractivity contribution is 9.10. The van der Waals surface area contributed by atoms with Gasteiger partial charge in [-0.3, -0.25) is 4.68 Å². The number of anilines is 2. The summed E-state index contributed by atoms with van der Waals surface area (Å²) in [7, 11) is 1.37. The molecule has 11 heteroatoms. The number of ether oxygens (including phenoxy) is 1. The summed E-state index contributed by atoms with van der Waals surface area (Å²) in [4.78, 5) is 13.5. The quantitative estimate of drug-likeness (QED) is 0.321. The maximum absolute atomic E-state index is 14.1. The second-order valence-corrected chi connectivity index (χ2v) is 9.63. The number of carbonyl (C=O) groups excluding carboxylic acids is 1. The molecule has 1 aliphatic rings. The summed E-state index contributed by atoms with van der Waals surface area (Å²) in [5, 5.41) is 11.8. The Bertz CT molecular complexity index is 1160. The van der Waals surface area contributed by atoms with Crippen LogP contribution in [0.4, 0.5) is 15.2 Å². The Hall–Kier alpha value is -2.01. The molecular weight excluding hydrogens is 527 g/mol. The SMILES string of the molecule is COC(=O)c1c(NC(=S)Nc2nn(Cc3c(F)cccc3Cl)cc2Br)sc2c1CCC2. The van der Waals surface area contributed by atoms with Crippen LogP contribution in [-0.4, -0.2) is 28.0 Å². The van der Waals surface area contributed by atoms with E-state index >= 15 is 0 Å². The lowest BCUT2D eigenvalue weighted by molar-refractivity contribution is 0.0601. The van der Waals surface area contributed by atoms with E-state index in [0.717, 1.165) is 24.8 Å². The number of hydrogen-bond donors (Lipinski definition) is 2. The van der Waals surface area contributed by atoms with Crippen LogP contribution in [0.1, 0.15) is 32.8 Å². The van der Waals surface area contributed by atoms with Gasteiger partial charge in [0.25, 0.3) is 0 Å². The molecule has 1 aromatic carbocycles. The zero-order valence-corrected chi connectivity index (χ0v) is 20.3. The first-order valence-electron chi connectivity index (χ1n) is 9.34. The molecule has 3 aromatic rings. The number of thiophene rings is 1. The summed E-state index contributed by atoms with van der Waals surface area (Å²) in [6.45, 7) is 0.163. The lowest BCUT2D eigenvalue weighted by Gasteiger charge is -2.10. The number of aromatic nitrogens is 2. The first-order chi connectivity index (χ1) is 14.9. The van der Waals surface area contributed by atoms with Crippen LogP contribution in [0.25, 0.3) is 0 Å². The first kappa shape index (κ1) is 22.2. The van der Waals surface area contributed by atoms with Gasteiger partial charge in [-0.2, -0.15) is 5.10 Å². The molecule has 0 saturated carbocycles. The Balaban J connectivity index is 1.50. The molecule has 31 heavy (non-hydrogen) atoms. The van der Waals surface area contributed by atoms with E-state index in [1.54, 1.807) is 23.0 Å². The Labute approximate surface area is 200 Å². The van der Waals surface area contributed by atoms with Crippen LogP contribution in [0.2, 0.25) is 5.02 Å². The van der Waals surface area contributed by atoms with E-state index in [9.17, 15) is 9.18 Å². The van der Waals surface area contributed by atoms with Gasteiger partial charge in [-0.15, -0.1) is 11.3 Å². The highest BCUT2D eigenvalue weighted by atomic mass is 79.9. The minimum atomic E-state index is -0.396. The van der Waals surface area contributed by atoms with E-state index in [1.807, 2.05) is 0 Å². The van der Waals surface area contributed by atoms with E-state index < -0.39 is 5.82 Å². The van der Waals surface area contributed by atoms with Crippen LogP contribution in [0.5, 0.6) is 0 Å². The number of benzene rings is 1. The van der Waals surface area contributed by atoms with Crippen LogP contribution in [0.15, 0.2) is 28.9 Å². The Morgan fingerprint density at radius 2 is 2.23 bits per heavy atom. The summed E-state index contributed by atoms with van der Waals surface area (Å²) in [5.74, 6) is -0.322. The fraction of sp³-hybridized carbons (Fsp3) is 0.250. The monoisotopic (exact) mass is 542 g/mol. The number of nitrogens with one attached hydrogen (secondary N) is 2. The molecule has 1 aliphatic carbocycles. The summed E-state index contributed by atoms with van der Waals surface area (Å²) in [6, 6.07) is 4.55. The third-order valence-corrected chi connectivity index (χ3v) is 7.21. The fourth-order valence-electron chi connectivity index (χ4n) is 3.46. The number of nitrogens with zero attached hydrogens (tertiary/aromatic N) is 2. The number of aryl methyl sites for hydroxylation is 1. The Kier molecular flexibility index (Phi) is 6.61. The smallest absolute Gasteiger partial charge is 0.341 e. The molecule has 0 aliphatic heterocycles. The van der Waals surface area contributed by atoms with E-state index in [2.05, 4.69) is 31.7 Å². The molecule has 0 unspecified atom stereocenters. The number of methoxy groups -OCH3 is 1. The van der Waals surface area contributed by atoms with Crippen molar-refractivity contribution >= 4 is 73.0 Å². The van der Waals surface area contributed by atoms with E-state index in [0.29, 0.717) is 31.4 Å². The van der Waals surface area contributed by atoms with Crippen LogP contribution >= 0.6 is 51.1 Å². The standard InChI is InChI=1S/C20H17BrClFN4O2S2/c1-29-19(28)16-10-4-2-7-15(10)31-18(16)25-20(30)24-17-12(21)9-27(26-17)8-11-13(22)5-3-6-14(11)23/h3,5-6,9H,2,4,7-8H2,1H3,(H2,24,25,26,30). The maximum atomic E-state index is 14.1. The van der Waals surface area contributed by atoms with Gasteiger partial charge in [0.2, 0.25) is 0 Å². The molecule has 0 spiro atoms. The number of esters is 1. The van der Waals surface area contributed by atoms with Crippen molar-refractivity contribution in [2.24, 2.45) is 0 Å². The summed E-state index contributed by atoms with van der Waals surface area (Å²) in [5.41, 5.74) is 1.93. The topological polar surface area (TPSA) is 68.2 Å². The molecule has 2 N–H and O–H groups in total. The van der Waals surface area contributed by atoms with Crippen molar-refractivity contribution in [3.05, 3.63) is 61.3 Å². The molecule has 0 radical (unpaired) electrons. The van der Waals surface area contributed by atoms with Crippen molar-refractivity contribution in [3.63, 3.8) is 0 Å². The highest BCUT2D eigenvalue weighted by Crippen LogP contribution is 2.39. The molecule has 6 nitrogen and oxygen atoms in total. The third-order valence-electron chi connectivity index (χ3n) is 4.87. The largest absolute Gasteiger partial charge is 0.465 e. The van der Waals surface area contributed by atoms with Crippen molar-refractivity contribution < 1.29 is 13.9 Å². The fourth-order valence-corrected chi connectivity index (χ4v) is 5.64. The Morgan fingerprint density at radius 3 is 2.97 bits per heavy atom.